The third kappa shape index (κ3) is 5.41. The van der Waals surface area contributed by atoms with Crippen LogP contribution >= 0.6 is 0 Å². The number of methoxy groups -OCH3 is 2. The molecule has 0 unspecified atom stereocenters. The summed E-state index contributed by atoms with van der Waals surface area (Å²) < 4.78 is 50.8. The van der Waals surface area contributed by atoms with Gasteiger partial charge in [-0.05, 0) is 79.8 Å². The number of piperazine rings is 1. The standard InChI is InChI=1S/C36H37F3N4O5/c1-18-11-21-15-25-31-30-22(12-19(2)35(48-5)33(30)46)14-24(42(31)3)26(16-40)43(25)27(29(21)32(45)34(18)47-4)17-41-28(44)10-9-20-7-6-8-23(13-20)36(37,38)39/h6-13,24-27,31,45-46H,14-15,17H2,1-5H3,(H,41,44)/b10-9+/t24-,25-,26-,27-,31-/m0/s1. The lowest BCUT2D eigenvalue weighted by molar-refractivity contribution is -0.137. The van der Waals surface area contributed by atoms with Gasteiger partial charge in [-0.2, -0.15) is 18.4 Å². The van der Waals surface area contributed by atoms with E-state index in [1.165, 1.54) is 32.4 Å². The minimum atomic E-state index is -4.52. The fourth-order valence-electron chi connectivity index (χ4n) is 8.06. The maximum absolute atomic E-state index is 13.2. The number of aryl methyl sites for hydroxylation is 2. The van der Waals surface area contributed by atoms with Crippen LogP contribution in [-0.2, 0) is 23.8 Å². The van der Waals surface area contributed by atoms with Gasteiger partial charge in [-0.25, -0.2) is 0 Å². The first-order valence-electron chi connectivity index (χ1n) is 15.6. The third-order valence-electron chi connectivity index (χ3n) is 10.0. The lowest BCUT2D eigenvalue weighted by Gasteiger charge is -2.60. The van der Waals surface area contributed by atoms with Crippen molar-refractivity contribution in [3.8, 4) is 29.1 Å². The van der Waals surface area contributed by atoms with Gasteiger partial charge in [0.1, 0.15) is 6.04 Å². The highest BCUT2D eigenvalue weighted by molar-refractivity contribution is 5.91. The van der Waals surface area contributed by atoms with E-state index < -0.39 is 29.7 Å². The van der Waals surface area contributed by atoms with Crippen molar-refractivity contribution < 1.29 is 37.7 Å². The second-order valence-electron chi connectivity index (χ2n) is 12.7. The largest absolute Gasteiger partial charge is 0.504 e. The summed E-state index contributed by atoms with van der Waals surface area (Å²) in [5, 5.41) is 36.7. The smallest absolute Gasteiger partial charge is 0.416 e. The highest BCUT2D eigenvalue weighted by Gasteiger charge is 2.55. The van der Waals surface area contributed by atoms with E-state index >= 15 is 0 Å². The number of likely N-dealkylation sites (N-methyl/N-ethyl adjacent to an activating group) is 1. The molecule has 3 heterocycles. The van der Waals surface area contributed by atoms with Gasteiger partial charge in [0.2, 0.25) is 5.91 Å². The molecular weight excluding hydrogens is 625 g/mol. The predicted octanol–water partition coefficient (Wildman–Crippen LogP) is 5.35. The Labute approximate surface area is 276 Å². The molecule has 1 saturated heterocycles. The van der Waals surface area contributed by atoms with Gasteiger partial charge in [-0.1, -0.05) is 24.3 Å². The second kappa shape index (κ2) is 12.4. The molecule has 12 heteroatoms. The number of ether oxygens (including phenoxy) is 2. The Morgan fingerprint density at radius 3 is 2.23 bits per heavy atom. The van der Waals surface area contributed by atoms with Gasteiger partial charge in [-0.3, -0.25) is 14.6 Å². The molecule has 0 radical (unpaired) electrons. The number of nitrogens with one attached hydrogen (secondary N) is 1. The lowest BCUT2D eigenvalue weighted by atomic mass is 9.72. The molecule has 3 aromatic carbocycles. The number of phenols is 2. The summed E-state index contributed by atoms with van der Waals surface area (Å²) in [6.45, 7) is 3.68. The zero-order valence-corrected chi connectivity index (χ0v) is 27.2. The Morgan fingerprint density at radius 2 is 1.62 bits per heavy atom. The molecule has 0 saturated carbocycles. The van der Waals surface area contributed by atoms with Gasteiger partial charge in [0, 0.05) is 35.8 Å². The maximum atomic E-state index is 13.2. The quantitative estimate of drug-likeness (QED) is 0.303. The van der Waals surface area contributed by atoms with E-state index in [4.69, 9.17) is 9.47 Å². The van der Waals surface area contributed by atoms with Crippen LogP contribution in [-0.4, -0.2) is 71.9 Å². The average molecular weight is 663 g/mol. The van der Waals surface area contributed by atoms with Crippen molar-refractivity contribution in [2.75, 3.05) is 27.8 Å². The van der Waals surface area contributed by atoms with Gasteiger partial charge in [0.05, 0.1) is 37.9 Å². The number of hydrogen-bond donors (Lipinski definition) is 3. The number of halogens is 3. The van der Waals surface area contributed by atoms with Crippen LogP contribution in [0.5, 0.6) is 23.0 Å². The average Bonchev–Trinajstić information content (AvgIpc) is 3.03. The first-order chi connectivity index (χ1) is 22.8. The molecule has 0 aromatic heterocycles. The molecule has 3 aliphatic heterocycles. The summed E-state index contributed by atoms with van der Waals surface area (Å²) >= 11 is 0. The van der Waals surface area contributed by atoms with Crippen molar-refractivity contribution in [2.24, 2.45) is 0 Å². The van der Waals surface area contributed by atoms with Gasteiger partial charge in [-0.15, -0.1) is 0 Å². The maximum Gasteiger partial charge on any atom is 0.416 e. The number of phenolic OH excluding ortho intramolecular Hbond substituents is 2. The summed E-state index contributed by atoms with van der Waals surface area (Å²) in [6, 6.07) is 8.82. The van der Waals surface area contributed by atoms with E-state index in [0.717, 1.165) is 46.0 Å². The van der Waals surface area contributed by atoms with E-state index in [9.17, 15) is 33.4 Å². The van der Waals surface area contributed by atoms with E-state index in [-0.39, 0.29) is 41.7 Å². The number of nitriles is 1. The Morgan fingerprint density at radius 1 is 1.02 bits per heavy atom. The number of alkyl halides is 3. The van der Waals surface area contributed by atoms with Crippen molar-refractivity contribution in [1.29, 1.82) is 5.26 Å². The van der Waals surface area contributed by atoms with Crippen LogP contribution in [0.3, 0.4) is 0 Å². The molecule has 3 aromatic rings. The number of rotatable bonds is 6. The molecule has 0 aliphatic carbocycles. The molecule has 9 nitrogen and oxygen atoms in total. The summed E-state index contributed by atoms with van der Waals surface area (Å²) in [7, 11) is 4.93. The van der Waals surface area contributed by atoms with Crippen molar-refractivity contribution in [1.82, 2.24) is 15.1 Å². The topological polar surface area (TPSA) is 118 Å². The summed E-state index contributed by atoms with van der Waals surface area (Å²) in [5.74, 6) is 0.105. The number of benzene rings is 3. The minimum Gasteiger partial charge on any atom is -0.504 e. The molecule has 3 N–H and O–H groups in total. The van der Waals surface area contributed by atoms with Crippen LogP contribution in [0.15, 0.2) is 42.5 Å². The molecule has 2 bridgehead atoms. The fourth-order valence-corrected chi connectivity index (χ4v) is 8.06. The number of amides is 1. The van der Waals surface area contributed by atoms with Crippen molar-refractivity contribution >= 4 is 12.0 Å². The Kier molecular flexibility index (Phi) is 8.56. The van der Waals surface area contributed by atoms with Gasteiger partial charge >= 0.3 is 6.18 Å². The second-order valence-corrected chi connectivity index (χ2v) is 12.7. The van der Waals surface area contributed by atoms with Gasteiger partial charge in [0.15, 0.2) is 23.0 Å². The van der Waals surface area contributed by atoms with Gasteiger partial charge in [0.25, 0.3) is 0 Å². The zero-order chi connectivity index (χ0) is 34.7. The van der Waals surface area contributed by atoms with Crippen LogP contribution in [0.25, 0.3) is 6.08 Å². The fraction of sp³-hybridized carbons (Fsp3) is 0.389. The number of carbonyl (C=O) groups is 1. The third-order valence-corrected chi connectivity index (χ3v) is 10.0. The molecular formula is C36H37F3N4O5. The molecule has 1 fully saturated rings. The summed E-state index contributed by atoms with van der Waals surface area (Å²) in [4.78, 5) is 17.3. The number of nitrogens with zero attached hydrogens (tertiary/aromatic N) is 3. The van der Waals surface area contributed by atoms with E-state index in [0.29, 0.717) is 29.9 Å². The molecule has 0 spiro atoms. The predicted molar refractivity (Wildman–Crippen MR) is 172 cm³/mol. The first-order valence-corrected chi connectivity index (χ1v) is 15.6. The van der Waals surface area contributed by atoms with Crippen LogP contribution in [0.1, 0.15) is 56.6 Å². The van der Waals surface area contributed by atoms with Crippen LogP contribution in [0, 0.1) is 25.2 Å². The molecule has 48 heavy (non-hydrogen) atoms. The monoisotopic (exact) mass is 662 g/mol. The lowest BCUT2D eigenvalue weighted by Crippen LogP contribution is -2.68. The Balaban J connectivity index is 1.41. The normalized spacial score (nSPS) is 23.5. The Bertz CT molecular complexity index is 1850. The number of carbonyl (C=O) groups excluding carboxylic acids is 1. The van der Waals surface area contributed by atoms with Crippen molar-refractivity contribution in [2.45, 2.75) is 63.1 Å². The van der Waals surface area contributed by atoms with E-state index in [2.05, 4.69) is 16.3 Å². The SMILES string of the molecule is COc1c(C)cc2c(c1O)[C@@H]1[C@@H]3Cc4cc(C)c(OC)c(O)c4[C@H](CNC(=O)/C=C/c4cccc(C(F)(F)F)c4)N3[C@@H](C#N)[C@H](C2)N1C. The molecule has 6 rings (SSSR count). The molecule has 3 aliphatic rings. The van der Waals surface area contributed by atoms with Crippen molar-refractivity contribution in [3.63, 3.8) is 0 Å². The minimum absolute atomic E-state index is 0.0214. The van der Waals surface area contributed by atoms with Crippen LogP contribution in [0.4, 0.5) is 13.2 Å². The van der Waals surface area contributed by atoms with Crippen molar-refractivity contribution in [3.05, 3.63) is 87.0 Å². The summed E-state index contributed by atoms with van der Waals surface area (Å²) in [5.41, 5.74) is 3.93. The molecule has 1 amide bonds. The highest BCUT2D eigenvalue weighted by atomic mass is 19.4. The molecule has 5 atom stereocenters. The number of hydrogen-bond acceptors (Lipinski definition) is 8. The highest BCUT2D eigenvalue weighted by Crippen LogP contribution is 2.55. The first kappa shape index (κ1) is 33.2. The van der Waals surface area contributed by atoms with E-state index in [1.54, 1.807) is 0 Å². The van der Waals surface area contributed by atoms with E-state index in [1.807, 2.05) is 37.9 Å². The zero-order valence-electron chi connectivity index (χ0n) is 27.2. The van der Waals surface area contributed by atoms with Crippen LogP contribution in [0.2, 0.25) is 0 Å². The molecule has 252 valence electrons. The van der Waals surface area contributed by atoms with Gasteiger partial charge < -0.3 is 25.0 Å². The van der Waals surface area contributed by atoms with Crippen LogP contribution < -0.4 is 14.8 Å². The number of fused-ring (bicyclic) bond motifs is 7. The number of aromatic hydroxyl groups is 2. The summed E-state index contributed by atoms with van der Waals surface area (Å²) in [6.07, 6.45) is -1.13. The Hall–Kier alpha value is -4.73.